The number of nitrogens with zero attached hydrogens (tertiary/aromatic N) is 1. The van der Waals surface area contributed by atoms with Crippen LogP contribution in [0.15, 0.2) is 29.2 Å². The van der Waals surface area contributed by atoms with Crippen LogP contribution in [0, 0.1) is 12.8 Å². The molecule has 0 N–H and O–H groups in total. The van der Waals surface area contributed by atoms with Gasteiger partial charge in [0.15, 0.2) is 0 Å². The lowest BCUT2D eigenvalue weighted by atomic mass is 9.90. The van der Waals surface area contributed by atoms with Crippen molar-refractivity contribution >= 4 is 17.8 Å². The molecular formula is C17H27NO4S. The van der Waals surface area contributed by atoms with Gasteiger partial charge >= 0.3 is 0 Å². The zero-order valence-corrected chi connectivity index (χ0v) is 15.2. The topological polar surface area (TPSA) is 58.6 Å². The van der Waals surface area contributed by atoms with E-state index in [1.165, 1.54) is 0 Å². The van der Waals surface area contributed by atoms with Gasteiger partial charge in [-0.05, 0) is 19.1 Å². The summed E-state index contributed by atoms with van der Waals surface area (Å²) in [7, 11) is 4.49. The summed E-state index contributed by atoms with van der Waals surface area (Å²) < 4.78 is 5.21. The fourth-order valence-corrected chi connectivity index (χ4v) is 2.88. The maximum absolute atomic E-state index is 11.4. The van der Waals surface area contributed by atoms with E-state index < -0.39 is 0 Å². The number of Topliss-reactive ketones (excluding diaryl/α,β-unsaturated/α-hetero) is 1. The number of quaternary nitrogens is 1. The van der Waals surface area contributed by atoms with Crippen molar-refractivity contribution < 1.29 is 23.9 Å². The SMILES string of the molecule is CCC(=O)C1CC[N+](C)(C)CC1.Cc1ccc(SOO[O-])cc1. The van der Waals surface area contributed by atoms with E-state index in [-0.39, 0.29) is 0 Å². The van der Waals surface area contributed by atoms with E-state index in [1.54, 1.807) is 0 Å². The molecule has 0 spiro atoms. The average molecular weight is 341 g/mol. The van der Waals surface area contributed by atoms with Crippen LogP contribution in [-0.2, 0) is 14.2 Å². The Morgan fingerprint density at radius 2 is 1.83 bits per heavy atom. The molecule has 1 saturated heterocycles. The molecule has 0 aliphatic carbocycles. The number of benzene rings is 1. The number of aryl methyl sites for hydroxylation is 1. The lowest BCUT2D eigenvalue weighted by Gasteiger charge is -2.36. The molecule has 1 aliphatic heterocycles. The van der Waals surface area contributed by atoms with Gasteiger partial charge in [0.05, 0.1) is 39.2 Å². The third-order valence-electron chi connectivity index (χ3n) is 4.15. The van der Waals surface area contributed by atoms with Crippen molar-refractivity contribution in [1.82, 2.24) is 0 Å². The number of rotatable bonds is 5. The highest BCUT2D eigenvalue weighted by Crippen LogP contribution is 2.21. The van der Waals surface area contributed by atoms with Gasteiger partial charge in [-0.15, -0.1) is 0 Å². The Bertz CT molecular complexity index is 466. The molecule has 130 valence electrons. The molecule has 0 aromatic heterocycles. The lowest BCUT2D eigenvalue weighted by molar-refractivity contribution is -0.895. The highest BCUT2D eigenvalue weighted by molar-refractivity contribution is 7.94. The van der Waals surface area contributed by atoms with E-state index >= 15 is 0 Å². The van der Waals surface area contributed by atoms with E-state index in [0.29, 0.717) is 11.7 Å². The minimum atomic E-state index is 0.376. The minimum absolute atomic E-state index is 0.376. The number of hydrogen-bond donors (Lipinski definition) is 0. The molecule has 23 heavy (non-hydrogen) atoms. The van der Waals surface area contributed by atoms with Crippen molar-refractivity contribution in [3.63, 3.8) is 0 Å². The highest BCUT2D eigenvalue weighted by atomic mass is 32.2. The molecule has 1 fully saturated rings. The standard InChI is InChI=1S/C10H20NO.C7H8O3S/c1-4-10(12)9-5-7-11(2,3)8-6-9;1-6-2-4-7(5-3-6)11-10-9-8/h9H,4-8H2,1-3H3;2-5,8H,1H3/q+1;/p-1. The van der Waals surface area contributed by atoms with Crippen LogP contribution in [0.5, 0.6) is 0 Å². The van der Waals surface area contributed by atoms with Crippen LogP contribution >= 0.6 is 12.0 Å². The molecule has 2 rings (SSSR count). The van der Waals surface area contributed by atoms with Crippen LogP contribution < -0.4 is 5.26 Å². The number of carbonyl (C=O) groups is 1. The van der Waals surface area contributed by atoms with Crippen LogP contribution in [0.2, 0.25) is 0 Å². The summed E-state index contributed by atoms with van der Waals surface area (Å²) in [6, 6.07) is 7.55. The van der Waals surface area contributed by atoms with E-state index in [9.17, 15) is 10.1 Å². The summed E-state index contributed by atoms with van der Waals surface area (Å²) in [5.74, 6) is 0.843. The number of ketones is 1. The van der Waals surface area contributed by atoms with Crippen LogP contribution in [-0.4, -0.2) is 37.5 Å². The van der Waals surface area contributed by atoms with Crippen molar-refractivity contribution in [2.45, 2.75) is 38.0 Å². The Morgan fingerprint density at radius 3 is 2.30 bits per heavy atom. The highest BCUT2D eigenvalue weighted by Gasteiger charge is 2.29. The van der Waals surface area contributed by atoms with Gasteiger partial charge in [0.1, 0.15) is 5.78 Å². The zero-order valence-electron chi connectivity index (χ0n) is 14.4. The first-order valence-corrected chi connectivity index (χ1v) is 8.66. The van der Waals surface area contributed by atoms with Crippen LogP contribution in [0.3, 0.4) is 0 Å². The van der Waals surface area contributed by atoms with Gasteiger partial charge in [0.2, 0.25) is 0 Å². The molecule has 1 aromatic carbocycles. The summed E-state index contributed by atoms with van der Waals surface area (Å²) >= 11 is 0.894. The van der Waals surface area contributed by atoms with Crippen LogP contribution in [0.1, 0.15) is 31.7 Å². The first kappa shape index (κ1) is 20.1. The second-order valence-electron chi connectivity index (χ2n) is 6.51. The quantitative estimate of drug-likeness (QED) is 0.357. The minimum Gasteiger partial charge on any atom is -0.691 e. The summed E-state index contributed by atoms with van der Waals surface area (Å²) in [5.41, 5.74) is 1.16. The van der Waals surface area contributed by atoms with Crippen LogP contribution in [0.4, 0.5) is 0 Å². The molecule has 0 bridgehead atoms. The molecule has 0 radical (unpaired) electrons. The first-order chi connectivity index (χ1) is 10.9. The second kappa shape index (κ2) is 10.1. The van der Waals surface area contributed by atoms with Gasteiger partial charge in [-0.2, -0.15) is 4.33 Å². The van der Waals surface area contributed by atoms with Gasteiger partial charge in [-0.1, -0.05) is 24.6 Å². The van der Waals surface area contributed by atoms with Crippen molar-refractivity contribution in [1.29, 1.82) is 0 Å². The predicted octanol–water partition coefficient (Wildman–Crippen LogP) is 2.68. The number of piperidine rings is 1. The summed E-state index contributed by atoms with van der Waals surface area (Å²) in [5, 5.41) is 12.6. The molecule has 0 saturated carbocycles. The number of hydrogen-bond acceptors (Lipinski definition) is 5. The van der Waals surface area contributed by atoms with Gasteiger partial charge in [-0.25, -0.2) is 0 Å². The predicted molar refractivity (Wildman–Crippen MR) is 89.1 cm³/mol. The maximum Gasteiger partial charge on any atom is 0.136 e. The monoisotopic (exact) mass is 341 g/mol. The molecule has 1 heterocycles. The molecule has 1 aromatic rings. The van der Waals surface area contributed by atoms with Gasteiger partial charge in [-0.3, -0.25) is 9.83 Å². The summed E-state index contributed by atoms with van der Waals surface area (Å²) in [6.45, 7) is 6.28. The van der Waals surface area contributed by atoms with Crippen molar-refractivity contribution in [3.05, 3.63) is 29.8 Å². The fourth-order valence-electron chi connectivity index (χ4n) is 2.52. The Balaban J connectivity index is 0.000000231. The second-order valence-corrected chi connectivity index (χ2v) is 7.28. The van der Waals surface area contributed by atoms with Gasteiger partial charge < -0.3 is 9.74 Å². The Morgan fingerprint density at radius 1 is 1.26 bits per heavy atom. The maximum atomic E-state index is 11.4. The largest absolute Gasteiger partial charge is 0.691 e. The molecule has 0 atom stereocenters. The number of likely N-dealkylation sites (tertiary alicyclic amines) is 1. The third kappa shape index (κ3) is 7.94. The lowest BCUT2D eigenvalue weighted by Crippen LogP contribution is -2.47. The van der Waals surface area contributed by atoms with Crippen LogP contribution in [0.25, 0.3) is 0 Å². The van der Waals surface area contributed by atoms with Crippen molar-refractivity contribution in [3.8, 4) is 0 Å². The van der Waals surface area contributed by atoms with Gasteiger partial charge in [0.25, 0.3) is 0 Å². The first-order valence-electron chi connectivity index (χ1n) is 7.92. The molecule has 0 unspecified atom stereocenters. The molecule has 1 aliphatic rings. The molecule has 5 nitrogen and oxygen atoms in total. The van der Waals surface area contributed by atoms with E-state index in [4.69, 9.17) is 0 Å². The fraction of sp³-hybridized carbons (Fsp3) is 0.588. The Hall–Kier alpha value is -0.920. The van der Waals surface area contributed by atoms with E-state index in [0.717, 1.165) is 59.3 Å². The molecular weight excluding hydrogens is 314 g/mol. The smallest absolute Gasteiger partial charge is 0.136 e. The molecule has 0 amide bonds. The third-order valence-corrected chi connectivity index (χ3v) is 4.74. The number of carbonyl (C=O) groups excluding carboxylic acids is 1. The van der Waals surface area contributed by atoms with Crippen molar-refractivity contribution in [2.24, 2.45) is 5.92 Å². The normalized spacial score (nSPS) is 17.3. The molecule has 6 heteroatoms. The van der Waals surface area contributed by atoms with E-state index in [1.807, 2.05) is 38.1 Å². The Kier molecular flexibility index (Phi) is 8.79. The Labute approximate surface area is 143 Å². The average Bonchev–Trinajstić information content (AvgIpc) is 2.54. The van der Waals surface area contributed by atoms with Crippen molar-refractivity contribution in [2.75, 3.05) is 27.2 Å². The summed E-state index contributed by atoms with van der Waals surface area (Å²) in [4.78, 5) is 12.2. The summed E-state index contributed by atoms with van der Waals surface area (Å²) in [6.07, 6.45) is 2.91. The van der Waals surface area contributed by atoms with Gasteiger partial charge in [0, 0.05) is 30.1 Å². The van der Waals surface area contributed by atoms with E-state index in [2.05, 4.69) is 23.5 Å². The zero-order chi connectivity index (χ0) is 17.3.